The fourth-order valence-corrected chi connectivity index (χ4v) is 4.22. The smallest absolute Gasteiger partial charge is 0.241 e. The number of nitrogens with zero attached hydrogens (tertiary/aromatic N) is 1. The van der Waals surface area contributed by atoms with Gasteiger partial charge in [-0.3, -0.25) is 10.1 Å². The van der Waals surface area contributed by atoms with Gasteiger partial charge in [0.1, 0.15) is 0 Å². The molecule has 18 heavy (non-hydrogen) atoms. The molecule has 0 aromatic rings. The molecule has 1 N–H and O–H groups in total. The molecule has 1 heterocycles. The molecular formula is C14H26N2OS. The molecule has 0 aromatic carbocycles. The quantitative estimate of drug-likeness (QED) is 0.852. The third kappa shape index (κ3) is 3.02. The molecule has 0 spiro atoms. The maximum Gasteiger partial charge on any atom is 0.241 e. The topological polar surface area (TPSA) is 32.3 Å². The van der Waals surface area contributed by atoms with E-state index >= 15 is 0 Å². The minimum Gasteiger partial charge on any atom is -0.324 e. The lowest BCUT2D eigenvalue weighted by molar-refractivity contribution is -0.131. The Morgan fingerprint density at radius 1 is 1.39 bits per heavy atom. The van der Waals surface area contributed by atoms with E-state index in [1.54, 1.807) is 0 Å². The largest absolute Gasteiger partial charge is 0.324 e. The molecule has 1 saturated heterocycles. The van der Waals surface area contributed by atoms with Crippen LogP contribution in [0.25, 0.3) is 0 Å². The summed E-state index contributed by atoms with van der Waals surface area (Å²) in [6, 6.07) is 0.528. The highest BCUT2D eigenvalue weighted by atomic mass is 32.2. The molecule has 2 aliphatic rings. The van der Waals surface area contributed by atoms with Gasteiger partial charge in [0.15, 0.2) is 0 Å². The number of carbonyl (C=O) groups excluding carboxylic acids is 1. The van der Waals surface area contributed by atoms with Crippen molar-refractivity contribution in [3.05, 3.63) is 0 Å². The van der Waals surface area contributed by atoms with E-state index in [2.05, 4.69) is 30.3 Å². The van der Waals surface area contributed by atoms with Crippen LogP contribution in [0.1, 0.15) is 46.0 Å². The summed E-state index contributed by atoms with van der Waals surface area (Å²) in [5, 5.41) is 4.04. The molecule has 1 aliphatic carbocycles. The Morgan fingerprint density at radius 2 is 2.11 bits per heavy atom. The molecule has 104 valence electrons. The fraction of sp³-hybridized carbons (Fsp3) is 0.929. The normalized spacial score (nSPS) is 33.4. The van der Waals surface area contributed by atoms with Crippen LogP contribution in [0.5, 0.6) is 0 Å². The monoisotopic (exact) mass is 270 g/mol. The van der Waals surface area contributed by atoms with Gasteiger partial charge < -0.3 is 4.90 Å². The Bertz CT molecular complexity index is 296. The van der Waals surface area contributed by atoms with Crippen LogP contribution in [0.4, 0.5) is 0 Å². The second kappa shape index (κ2) is 6.29. The lowest BCUT2D eigenvalue weighted by atomic mass is 9.93. The van der Waals surface area contributed by atoms with Gasteiger partial charge in [0.2, 0.25) is 5.91 Å². The lowest BCUT2D eigenvalue weighted by Crippen LogP contribution is -2.46. The average molecular weight is 270 g/mol. The summed E-state index contributed by atoms with van der Waals surface area (Å²) in [6.45, 7) is 5.13. The van der Waals surface area contributed by atoms with E-state index in [-0.39, 0.29) is 6.04 Å². The molecule has 4 heteroatoms. The second-order valence-electron chi connectivity index (χ2n) is 5.98. The summed E-state index contributed by atoms with van der Waals surface area (Å²) in [4.78, 5) is 14.6. The van der Waals surface area contributed by atoms with Gasteiger partial charge in [0.05, 0.1) is 12.7 Å². The third-order valence-corrected chi connectivity index (χ3v) is 5.32. The van der Waals surface area contributed by atoms with Crippen molar-refractivity contribution < 1.29 is 4.79 Å². The Hall–Kier alpha value is -0.220. The zero-order valence-electron chi connectivity index (χ0n) is 11.8. The Morgan fingerprint density at radius 3 is 2.78 bits per heavy atom. The summed E-state index contributed by atoms with van der Waals surface area (Å²) in [7, 11) is 0. The summed E-state index contributed by atoms with van der Waals surface area (Å²) >= 11 is 1.94. The van der Waals surface area contributed by atoms with Gasteiger partial charge in [-0.15, -0.1) is 0 Å². The molecule has 2 fully saturated rings. The van der Waals surface area contributed by atoms with Crippen LogP contribution in [0.2, 0.25) is 0 Å². The number of amides is 1. The first-order valence-electron chi connectivity index (χ1n) is 7.20. The molecule has 1 saturated carbocycles. The van der Waals surface area contributed by atoms with E-state index in [0.717, 1.165) is 13.1 Å². The van der Waals surface area contributed by atoms with E-state index in [9.17, 15) is 4.79 Å². The first kappa shape index (κ1) is 14.2. The van der Waals surface area contributed by atoms with Crippen molar-refractivity contribution in [2.45, 2.75) is 63.3 Å². The Balaban J connectivity index is 1.98. The third-order valence-electron chi connectivity index (χ3n) is 4.17. The van der Waals surface area contributed by atoms with Crippen LogP contribution in [-0.4, -0.2) is 41.1 Å². The first-order valence-corrected chi connectivity index (χ1v) is 8.49. The molecule has 3 atom stereocenters. The summed E-state index contributed by atoms with van der Waals surface area (Å²) in [5.41, 5.74) is 0. The zero-order valence-corrected chi connectivity index (χ0v) is 12.6. The van der Waals surface area contributed by atoms with E-state index < -0.39 is 0 Å². The average Bonchev–Trinajstić information content (AvgIpc) is 2.70. The predicted octanol–water partition coefficient (Wildman–Crippen LogP) is 2.46. The van der Waals surface area contributed by atoms with Crippen molar-refractivity contribution in [1.29, 1.82) is 0 Å². The minimum atomic E-state index is 0.0643. The van der Waals surface area contributed by atoms with Gasteiger partial charge in [-0.2, -0.15) is 11.8 Å². The van der Waals surface area contributed by atoms with Crippen molar-refractivity contribution in [3.63, 3.8) is 0 Å². The number of nitrogens with one attached hydrogen (secondary N) is 1. The van der Waals surface area contributed by atoms with Crippen molar-refractivity contribution in [2.24, 2.45) is 5.92 Å². The molecule has 0 bridgehead atoms. The SMILES string of the molecule is CSC1CCCCC1N1CNC(CC(C)C)C1=O. The molecule has 3 nitrogen and oxygen atoms in total. The number of hydrogen-bond acceptors (Lipinski definition) is 3. The number of carbonyl (C=O) groups is 1. The van der Waals surface area contributed by atoms with Gasteiger partial charge in [-0.1, -0.05) is 26.7 Å². The first-order chi connectivity index (χ1) is 8.63. The Kier molecular flexibility index (Phi) is 4.96. The highest BCUT2D eigenvalue weighted by Crippen LogP contribution is 2.32. The van der Waals surface area contributed by atoms with Gasteiger partial charge >= 0.3 is 0 Å². The fourth-order valence-electron chi connectivity index (χ4n) is 3.22. The van der Waals surface area contributed by atoms with Gasteiger partial charge in [0.25, 0.3) is 0 Å². The molecule has 1 amide bonds. The highest BCUT2D eigenvalue weighted by molar-refractivity contribution is 7.99. The summed E-state index contributed by atoms with van der Waals surface area (Å²) < 4.78 is 0. The summed E-state index contributed by atoms with van der Waals surface area (Å²) in [6.07, 6.45) is 8.21. The standard InChI is InChI=1S/C14H26N2OS/c1-10(2)8-11-14(17)16(9-15-11)12-6-4-5-7-13(12)18-3/h10-13,15H,4-9H2,1-3H3. The number of hydrogen-bond donors (Lipinski definition) is 1. The minimum absolute atomic E-state index is 0.0643. The van der Waals surface area contributed by atoms with E-state index in [1.165, 1.54) is 25.7 Å². The van der Waals surface area contributed by atoms with Crippen LogP contribution in [0.15, 0.2) is 0 Å². The van der Waals surface area contributed by atoms with Crippen molar-refractivity contribution in [2.75, 3.05) is 12.9 Å². The van der Waals surface area contributed by atoms with Crippen molar-refractivity contribution in [1.82, 2.24) is 10.2 Å². The number of thioether (sulfide) groups is 1. The van der Waals surface area contributed by atoms with Crippen LogP contribution >= 0.6 is 11.8 Å². The highest BCUT2D eigenvalue weighted by Gasteiger charge is 2.39. The van der Waals surface area contributed by atoms with Gasteiger partial charge in [-0.25, -0.2) is 0 Å². The van der Waals surface area contributed by atoms with Crippen LogP contribution in [0, 0.1) is 5.92 Å². The molecule has 3 unspecified atom stereocenters. The Labute approximate surface area is 115 Å². The van der Waals surface area contributed by atoms with E-state index in [0.29, 0.717) is 23.1 Å². The van der Waals surface area contributed by atoms with E-state index in [1.807, 2.05) is 11.8 Å². The number of rotatable bonds is 4. The summed E-state index contributed by atoms with van der Waals surface area (Å²) in [5.74, 6) is 0.920. The molecular weight excluding hydrogens is 244 g/mol. The maximum atomic E-state index is 12.5. The van der Waals surface area contributed by atoms with Crippen LogP contribution in [-0.2, 0) is 4.79 Å². The van der Waals surface area contributed by atoms with Crippen LogP contribution < -0.4 is 5.32 Å². The predicted molar refractivity (Wildman–Crippen MR) is 77.7 cm³/mol. The zero-order chi connectivity index (χ0) is 13.1. The van der Waals surface area contributed by atoms with Crippen molar-refractivity contribution >= 4 is 17.7 Å². The molecule has 0 aromatic heterocycles. The molecule has 2 rings (SSSR count). The van der Waals surface area contributed by atoms with Crippen LogP contribution in [0.3, 0.4) is 0 Å². The second-order valence-corrected chi connectivity index (χ2v) is 7.06. The van der Waals surface area contributed by atoms with Crippen molar-refractivity contribution in [3.8, 4) is 0 Å². The van der Waals surface area contributed by atoms with E-state index in [4.69, 9.17) is 0 Å². The lowest BCUT2D eigenvalue weighted by Gasteiger charge is -2.36. The van der Waals surface area contributed by atoms with Gasteiger partial charge in [0, 0.05) is 11.3 Å². The maximum absolute atomic E-state index is 12.5. The molecule has 1 aliphatic heterocycles. The molecule has 0 radical (unpaired) electrons. The van der Waals surface area contributed by atoms with Gasteiger partial charge in [-0.05, 0) is 31.4 Å².